The summed E-state index contributed by atoms with van der Waals surface area (Å²) in [4.78, 5) is 13.0. The number of ether oxygens (including phenoxy) is 1. The standard InChI is InChI=1S/C27H32N2O4S/c1-20-16-17-23(21(2)19-20)27(22-11-6-5-7-12-22)28-26(30)15-10-18-29(34(4,31)32)24-13-8-9-14-25(24)33-3/h5-9,11-14,16-17,19,27H,10,15,18H2,1-4H3,(H,28,30)/t27-/m1/s1. The molecule has 0 unspecified atom stereocenters. The number of nitrogens with zero attached hydrogens (tertiary/aromatic N) is 1. The minimum Gasteiger partial charge on any atom is -0.495 e. The molecule has 0 heterocycles. The Morgan fingerprint density at radius 3 is 2.32 bits per heavy atom. The molecule has 1 N–H and O–H groups in total. The molecule has 7 heteroatoms. The number of hydrogen-bond acceptors (Lipinski definition) is 4. The van der Waals surface area contributed by atoms with Gasteiger partial charge in [0.25, 0.3) is 0 Å². The van der Waals surface area contributed by atoms with Crippen LogP contribution in [0.3, 0.4) is 0 Å². The number of carbonyl (C=O) groups is 1. The second-order valence-electron chi connectivity index (χ2n) is 8.38. The number of nitrogens with one attached hydrogen (secondary N) is 1. The summed E-state index contributed by atoms with van der Waals surface area (Å²) in [6, 6.07) is 22.7. The van der Waals surface area contributed by atoms with E-state index in [0.717, 1.165) is 28.5 Å². The van der Waals surface area contributed by atoms with Gasteiger partial charge in [0.2, 0.25) is 15.9 Å². The first-order valence-electron chi connectivity index (χ1n) is 11.2. The molecule has 0 aliphatic carbocycles. The number of benzene rings is 3. The quantitative estimate of drug-likeness (QED) is 0.454. The van der Waals surface area contributed by atoms with E-state index in [-0.39, 0.29) is 24.9 Å². The van der Waals surface area contributed by atoms with Crippen molar-refractivity contribution in [2.75, 3.05) is 24.2 Å². The van der Waals surface area contributed by atoms with Crippen LogP contribution in [0.25, 0.3) is 0 Å². The summed E-state index contributed by atoms with van der Waals surface area (Å²) in [5.74, 6) is 0.332. The average Bonchev–Trinajstić information content (AvgIpc) is 2.80. The predicted molar refractivity (Wildman–Crippen MR) is 137 cm³/mol. The average molecular weight is 481 g/mol. The van der Waals surface area contributed by atoms with Gasteiger partial charge in [0.1, 0.15) is 5.75 Å². The van der Waals surface area contributed by atoms with E-state index in [2.05, 4.69) is 17.4 Å². The van der Waals surface area contributed by atoms with Gasteiger partial charge in [-0.2, -0.15) is 0 Å². The van der Waals surface area contributed by atoms with Crippen LogP contribution in [0.2, 0.25) is 0 Å². The Labute approximate surface area is 202 Å². The number of sulfonamides is 1. The van der Waals surface area contributed by atoms with E-state index in [9.17, 15) is 13.2 Å². The number of hydrogen-bond donors (Lipinski definition) is 1. The van der Waals surface area contributed by atoms with Gasteiger partial charge in [-0.05, 0) is 49.1 Å². The van der Waals surface area contributed by atoms with Gasteiger partial charge in [0.05, 0.1) is 25.1 Å². The predicted octanol–water partition coefficient (Wildman–Crippen LogP) is 4.76. The van der Waals surface area contributed by atoms with Gasteiger partial charge in [0.15, 0.2) is 0 Å². The van der Waals surface area contributed by atoms with Crippen molar-refractivity contribution in [2.24, 2.45) is 0 Å². The van der Waals surface area contributed by atoms with Crippen LogP contribution in [0.1, 0.15) is 41.1 Å². The smallest absolute Gasteiger partial charge is 0.232 e. The van der Waals surface area contributed by atoms with Gasteiger partial charge in [-0.3, -0.25) is 9.10 Å². The molecule has 0 aliphatic heterocycles. The van der Waals surface area contributed by atoms with Crippen molar-refractivity contribution < 1.29 is 17.9 Å². The first-order chi connectivity index (χ1) is 16.2. The number of para-hydroxylation sites is 2. The molecule has 180 valence electrons. The van der Waals surface area contributed by atoms with Gasteiger partial charge in [-0.1, -0.05) is 66.2 Å². The van der Waals surface area contributed by atoms with Crippen LogP contribution in [0.5, 0.6) is 5.75 Å². The molecule has 0 aliphatic rings. The SMILES string of the molecule is COc1ccccc1N(CCCC(=O)N[C@H](c1ccccc1)c1ccc(C)cc1C)S(C)(=O)=O. The number of carbonyl (C=O) groups excluding carboxylic acids is 1. The first-order valence-corrected chi connectivity index (χ1v) is 13.1. The molecule has 0 fully saturated rings. The zero-order valence-corrected chi connectivity index (χ0v) is 20.9. The van der Waals surface area contributed by atoms with Crippen molar-refractivity contribution in [3.63, 3.8) is 0 Å². The van der Waals surface area contributed by atoms with E-state index in [1.807, 2.05) is 50.2 Å². The monoisotopic (exact) mass is 480 g/mol. The number of rotatable bonds is 10. The van der Waals surface area contributed by atoms with Gasteiger partial charge in [0, 0.05) is 13.0 Å². The molecule has 3 aromatic carbocycles. The number of aryl methyl sites for hydroxylation is 2. The topological polar surface area (TPSA) is 75.7 Å². The van der Waals surface area contributed by atoms with Gasteiger partial charge in [-0.25, -0.2) is 8.42 Å². The number of amides is 1. The zero-order chi connectivity index (χ0) is 24.7. The Morgan fingerprint density at radius 1 is 1.00 bits per heavy atom. The van der Waals surface area contributed by atoms with Crippen molar-refractivity contribution in [3.05, 3.63) is 95.1 Å². The Balaban J connectivity index is 1.74. The van der Waals surface area contributed by atoms with Crippen LogP contribution >= 0.6 is 0 Å². The van der Waals surface area contributed by atoms with E-state index in [0.29, 0.717) is 17.9 Å². The highest BCUT2D eigenvalue weighted by Crippen LogP contribution is 2.30. The summed E-state index contributed by atoms with van der Waals surface area (Å²) in [6.07, 6.45) is 1.71. The Kier molecular flexibility index (Phi) is 8.34. The third kappa shape index (κ3) is 6.38. The lowest BCUT2D eigenvalue weighted by molar-refractivity contribution is -0.121. The van der Waals surface area contributed by atoms with Crippen LogP contribution in [-0.4, -0.2) is 34.2 Å². The molecule has 0 bridgehead atoms. The second-order valence-corrected chi connectivity index (χ2v) is 10.3. The van der Waals surface area contributed by atoms with Crippen molar-refractivity contribution >= 4 is 21.6 Å². The summed E-state index contributed by atoms with van der Waals surface area (Å²) < 4.78 is 31.5. The fourth-order valence-electron chi connectivity index (χ4n) is 4.05. The summed E-state index contributed by atoms with van der Waals surface area (Å²) in [5.41, 5.74) is 4.77. The Hall–Kier alpha value is -3.32. The van der Waals surface area contributed by atoms with E-state index >= 15 is 0 Å². The molecular formula is C27H32N2O4S. The highest BCUT2D eigenvalue weighted by molar-refractivity contribution is 7.92. The normalized spacial score (nSPS) is 12.1. The van der Waals surface area contributed by atoms with Crippen LogP contribution in [0.4, 0.5) is 5.69 Å². The van der Waals surface area contributed by atoms with Crippen molar-refractivity contribution in [1.82, 2.24) is 5.32 Å². The van der Waals surface area contributed by atoms with E-state index in [4.69, 9.17) is 4.74 Å². The highest BCUT2D eigenvalue weighted by atomic mass is 32.2. The second kappa shape index (κ2) is 11.2. The Morgan fingerprint density at radius 2 is 1.68 bits per heavy atom. The summed E-state index contributed by atoms with van der Waals surface area (Å²) >= 11 is 0. The fourth-order valence-corrected chi connectivity index (χ4v) is 5.02. The summed E-state index contributed by atoms with van der Waals surface area (Å²) in [5, 5.41) is 3.15. The third-order valence-electron chi connectivity index (χ3n) is 5.69. The molecule has 6 nitrogen and oxygen atoms in total. The van der Waals surface area contributed by atoms with Crippen LogP contribution in [0, 0.1) is 13.8 Å². The maximum atomic E-state index is 13.0. The lowest BCUT2D eigenvalue weighted by atomic mass is 9.93. The fraction of sp³-hybridized carbons (Fsp3) is 0.296. The molecule has 0 saturated heterocycles. The molecular weight excluding hydrogens is 448 g/mol. The molecule has 3 aromatic rings. The van der Waals surface area contributed by atoms with Gasteiger partial charge < -0.3 is 10.1 Å². The molecule has 0 aromatic heterocycles. The lowest BCUT2D eigenvalue weighted by Gasteiger charge is -2.25. The highest BCUT2D eigenvalue weighted by Gasteiger charge is 2.22. The molecule has 1 amide bonds. The first kappa shape index (κ1) is 25.3. The molecule has 34 heavy (non-hydrogen) atoms. The van der Waals surface area contributed by atoms with E-state index in [1.165, 1.54) is 11.4 Å². The molecule has 0 radical (unpaired) electrons. The molecule has 0 spiro atoms. The zero-order valence-electron chi connectivity index (χ0n) is 20.1. The third-order valence-corrected chi connectivity index (χ3v) is 6.87. The van der Waals surface area contributed by atoms with Gasteiger partial charge in [-0.15, -0.1) is 0 Å². The van der Waals surface area contributed by atoms with Crippen LogP contribution in [0.15, 0.2) is 72.8 Å². The minimum absolute atomic E-state index is 0.137. The maximum Gasteiger partial charge on any atom is 0.232 e. The lowest BCUT2D eigenvalue weighted by Crippen LogP contribution is -2.33. The molecule has 0 saturated carbocycles. The molecule has 1 atom stereocenters. The van der Waals surface area contributed by atoms with E-state index < -0.39 is 10.0 Å². The summed E-state index contributed by atoms with van der Waals surface area (Å²) in [6.45, 7) is 4.26. The van der Waals surface area contributed by atoms with E-state index in [1.54, 1.807) is 24.3 Å². The molecule has 3 rings (SSSR count). The van der Waals surface area contributed by atoms with Crippen molar-refractivity contribution in [1.29, 1.82) is 0 Å². The van der Waals surface area contributed by atoms with Crippen molar-refractivity contribution in [3.8, 4) is 5.75 Å². The largest absolute Gasteiger partial charge is 0.495 e. The van der Waals surface area contributed by atoms with Crippen LogP contribution in [-0.2, 0) is 14.8 Å². The van der Waals surface area contributed by atoms with Crippen LogP contribution < -0.4 is 14.4 Å². The maximum absolute atomic E-state index is 13.0. The summed E-state index contributed by atoms with van der Waals surface area (Å²) in [7, 11) is -2.04. The van der Waals surface area contributed by atoms with Crippen molar-refractivity contribution in [2.45, 2.75) is 32.7 Å². The van der Waals surface area contributed by atoms with Gasteiger partial charge >= 0.3 is 0 Å². The number of anilines is 1. The Bertz CT molecular complexity index is 1230. The minimum atomic E-state index is -3.55. The number of methoxy groups -OCH3 is 1.